The summed E-state index contributed by atoms with van der Waals surface area (Å²) in [6.45, 7) is 0.349. The molecular weight excluding hydrogens is 333 g/mol. The van der Waals surface area contributed by atoms with Crippen LogP contribution in [0.3, 0.4) is 0 Å². The number of rotatable bonds is 3. The van der Waals surface area contributed by atoms with Gasteiger partial charge in [0.15, 0.2) is 0 Å². The van der Waals surface area contributed by atoms with Gasteiger partial charge < -0.3 is 9.45 Å². The Bertz CT molecular complexity index is 754. The molecule has 0 aliphatic carbocycles. The van der Waals surface area contributed by atoms with E-state index in [4.69, 9.17) is 0 Å². The van der Waals surface area contributed by atoms with Gasteiger partial charge in [0.05, 0.1) is 6.54 Å². The number of amides is 2. The average molecular weight is 341 g/mol. The zero-order valence-electron chi connectivity index (χ0n) is 10.8. The van der Waals surface area contributed by atoms with Crippen molar-refractivity contribution in [2.75, 3.05) is 13.1 Å². The van der Waals surface area contributed by atoms with E-state index in [2.05, 4.69) is 4.28 Å². The Morgan fingerprint density at radius 1 is 1.38 bits per heavy atom. The molecule has 0 saturated carbocycles. The Morgan fingerprint density at radius 2 is 2.10 bits per heavy atom. The zero-order valence-corrected chi connectivity index (χ0v) is 14.5. The number of nitrogens with zero attached hydrogens (tertiary/aromatic N) is 3. The van der Waals surface area contributed by atoms with Crippen LogP contribution >= 0.6 is 11.3 Å². The largest absolute Gasteiger partial charge is 1.00 e. The monoisotopic (exact) mass is 341 g/mol. The SMILES string of the molecule is O=C1N2CC(n3ccsc3=O)=CC(C2)N1OS(=O)(=O)[O-].[Na+]. The van der Waals surface area contributed by atoms with E-state index >= 15 is 0 Å². The third kappa shape index (κ3) is 3.23. The van der Waals surface area contributed by atoms with Gasteiger partial charge in [-0.25, -0.2) is 13.2 Å². The van der Waals surface area contributed by atoms with Crippen LogP contribution in [0.4, 0.5) is 4.79 Å². The normalized spacial score (nSPS) is 21.3. The standard InChI is InChI=1S/C9H9N3O6S2.Na/c13-8-10-4-6(11-1-2-19-9(11)14)3-7(5-10)12(8)18-20(15,16)17;/h1-3,7H,4-5H2,(H,15,16,17);/q;+1/p-1. The first kappa shape index (κ1) is 16.7. The van der Waals surface area contributed by atoms with Crippen LogP contribution < -0.4 is 34.4 Å². The summed E-state index contributed by atoms with van der Waals surface area (Å²) in [6, 6.07) is -1.44. The van der Waals surface area contributed by atoms with E-state index in [-0.39, 0.29) is 47.5 Å². The molecule has 1 atom stereocenters. The molecule has 3 rings (SSSR count). The Balaban J connectivity index is 0.00000161. The van der Waals surface area contributed by atoms with E-state index in [9.17, 15) is 22.6 Å². The molecule has 1 saturated heterocycles. The Morgan fingerprint density at radius 3 is 2.67 bits per heavy atom. The quantitative estimate of drug-likeness (QED) is 0.317. The molecule has 0 aromatic carbocycles. The molecule has 2 amide bonds. The van der Waals surface area contributed by atoms with Gasteiger partial charge in [0.2, 0.25) is 10.4 Å². The number of fused-ring (bicyclic) bond motifs is 2. The van der Waals surface area contributed by atoms with Crippen molar-refractivity contribution < 1.29 is 51.6 Å². The second-order valence-electron chi connectivity index (χ2n) is 4.24. The predicted octanol–water partition coefficient (Wildman–Crippen LogP) is -3.73. The van der Waals surface area contributed by atoms with E-state index in [1.165, 1.54) is 9.47 Å². The van der Waals surface area contributed by atoms with Crippen LogP contribution in [0.5, 0.6) is 0 Å². The number of hydrogen-bond acceptors (Lipinski definition) is 7. The summed E-state index contributed by atoms with van der Waals surface area (Å²) in [6.07, 6.45) is 3.10. The van der Waals surface area contributed by atoms with Crippen molar-refractivity contribution in [3.63, 3.8) is 0 Å². The molecule has 12 heteroatoms. The van der Waals surface area contributed by atoms with Crippen LogP contribution in [0.25, 0.3) is 5.70 Å². The molecule has 0 radical (unpaired) electrons. The smallest absolute Gasteiger partial charge is 0.724 e. The minimum atomic E-state index is -5.03. The minimum absolute atomic E-state index is 0. The topological polar surface area (TPSA) is 112 Å². The molecule has 1 aromatic rings. The van der Waals surface area contributed by atoms with Gasteiger partial charge in [-0.05, 0) is 6.08 Å². The number of hydrogen-bond donors (Lipinski definition) is 0. The molecule has 108 valence electrons. The molecule has 1 aromatic heterocycles. The van der Waals surface area contributed by atoms with Crippen LogP contribution in [0.1, 0.15) is 0 Å². The molecule has 3 heterocycles. The van der Waals surface area contributed by atoms with Gasteiger partial charge >= 0.3 is 40.5 Å². The maximum absolute atomic E-state index is 11.9. The van der Waals surface area contributed by atoms with Gasteiger partial charge in [-0.15, -0.1) is 0 Å². The summed E-state index contributed by atoms with van der Waals surface area (Å²) in [4.78, 5) is 24.5. The van der Waals surface area contributed by atoms with Crippen molar-refractivity contribution in [2.45, 2.75) is 6.04 Å². The van der Waals surface area contributed by atoms with Crippen molar-refractivity contribution in [1.82, 2.24) is 14.5 Å². The third-order valence-electron chi connectivity index (χ3n) is 2.96. The summed E-state index contributed by atoms with van der Waals surface area (Å²) in [7, 11) is -5.03. The Kier molecular flexibility index (Phi) is 4.63. The molecule has 1 fully saturated rings. The molecule has 1 unspecified atom stereocenters. The summed E-state index contributed by atoms with van der Waals surface area (Å²) in [5, 5.41) is 2.12. The number of urea groups is 1. The first-order chi connectivity index (χ1) is 9.35. The second-order valence-corrected chi connectivity index (χ2v) is 6.06. The number of carbonyl (C=O) groups is 1. The van der Waals surface area contributed by atoms with E-state index in [0.717, 1.165) is 11.3 Å². The van der Waals surface area contributed by atoms with Gasteiger partial charge in [0.25, 0.3) is 0 Å². The second kappa shape index (κ2) is 5.83. The molecule has 2 bridgehead atoms. The third-order valence-corrected chi connectivity index (χ3v) is 3.96. The van der Waals surface area contributed by atoms with Crippen molar-refractivity contribution in [2.24, 2.45) is 0 Å². The van der Waals surface area contributed by atoms with Crippen LogP contribution in [-0.2, 0) is 14.7 Å². The number of carbonyl (C=O) groups excluding carboxylic acids is 1. The van der Waals surface area contributed by atoms with Gasteiger partial charge in [0, 0.05) is 23.8 Å². The molecular formula is C9H8N3NaO6S2. The molecule has 2 aliphatic rings. The summed E-state index contributed by atoms with van der Waals surface area (Å²) < 4.78 is 37.4. The molecule has 21 heavy (non-hydrogen) atoms. The molecule has 9 nitrogen and oxygen atoms in total. The van der Waals surface area contributed by atoms with Crippen LogP contribution in [0.15, 0.2) is 22.4 Å². The number of hydroxylamine groups is 2. The maximum Gasteiger partial charge on any atom is 1.00 e. The zero-order chi connectivity index (χ0) is 14.5. The molecule has 0 spiro atoms. The van der Waals surface area contributed by atoms with Crippen LogP contribution in [-0.4, -0.2) is 52.7 Å². The van der Waals surface area contributed by atoms with Crippen LogP contribution in [0, 0.1) is 0 Å². The number of aromatic nitrogens is 1. The van der Waals surface area contributed by atoms with Crippen molar-refractivity contribution in [3.05, 3.63) is 27.3 Å². The van der Waals surface area contributed by atoms with Gasteiger partial charge in [0.1, 0.15) is 6.04 Å². The Labute approximate surface area is 145 Å². The van der Waals surface area contributed by atoms with Gasteiger partial charge in [-0.1, -0.05) is 11.3 Å². The van der Waals surface area contributed by atoms with Crippen LogP contribution in [0.2, 0.25) is 0 Å². The van der Waals surface area contributed by atoms with E-state index < -0.39 is 22.5 Å². The summed E-state index contributed by atoms with van der Waals surface area (Å²) >= 11 is 1.00. The fourth-order valence-electron chi connectivity index (χ4n) is 2.20. The average Bonchev–Trinajstić information content (AvgIpc) is 2.86. The molecule has 2 aliphatic heterocycles. The van der Waals surface area contributed by atoms with Gasteiger partial charge in [-0.2, -0.15) is 9.35 Å². The van der Waals surface area contributed by atoms with Gasteiger partial charge in [-0.3, -0.25) is 9.36 Å². The first-order valence-electron chi connectivity index (χ1n) is 5.46. The minimum Gasteiger partial charge on any atom is -0.724 e. The maximum atomic E-state index is 11.9. The van der Waals surface area contributed by atoms with Crippen molar-refractivity contribution in [1.29, 1.82) is 0 Å². The van der Waals surface area contributed by atoms with Crippen molar-refractivity contribution in [3.8, 4) is 0 Å². The van der Waals surface area contributed by atoms with E-state index in [1.54, 1.807) is 17.7 Å². The van der Waals surface area contributed by atoms with E-state index in [0.29, 0.717) is 10.8 Å². The predicted molar refractivity (Wildman–Crippen MR) is 66.2 cm³/mol. The fraction of sp³-hybridized carbons (Fsp3) is 0.333. The fourth-order valence-corrected chi connectivity index (χ4v) is 3.17. The Hall–Kier alpha value is -0.690. The summed E-state index contributed by atoms with van der Waals surface area (Å²) in [5.74, 6) is 0. The first-order valence-corrected chi connectivity index (χ1v) is 7.67. The summed E-state index contributed by atoms with van der Waals surface area (Å²) in [5.41, 5.74) is 0.537. The van der Waals surface area contributed by atoms with E-state index in [1.807, 2.05) is 0 Å². The molecule has 0 N–H and O–H groups in total. The number of thiazole rings is 1. The van der Waals surface area contributed by atoms with Crippen molar-refractivity contribution >= 4 is 33.5 Å².